The fourth-order valence-corrected chi connectivity index (χ4v) is 5.38. The number of thiophene rings is 1. The van der Waals surface area contributed by atoms with Crippen molar-refractivity contribution >= 4 is 33.3 Å². The van der Waals surface area contributed by atoms with Crippen LogP contribution >= 0.6 is 11.3 Å². The van der Waals surface area contributed by atoms with Gasteiger partial charge in [-0.15, -0.1) is 11.3 Å². The van der Waals surface area contributed by atoms with Crippen molar-refractivity contribution in [2.24, 2.45) is 5.92 Å². The molecule has 0 bridgehead atoms. The Morgan fingerprint density at radius 3 is 2.88 bits per heavy atom. The highest BCUT2D eigenvalue weighted by atomic mass is 32.1. The van der Waals surface area contributed by atoms with Gasteiger partial charge in [0.2, 0.25) is 0 Å². The fourth-order valence-electron chi connectivity index (χ4n) is 4.15. The van der Waals surface area contributed by atoms with Gasteiger partial charge in [-0.3, -0.25) is 4.79 Å². The minimum atomic E-state index is -0.676. The van der Waals surface area contributed by atoms with Crippen LogP contribution in [-0.4, -0.2) is 27.1 Å². The molecule has 0 radical (unpaired) electrons. The molecule has 2 N–H and O–H groups in total. The van der Waals surface area contributed by atoms with E-state index in [0.717, 1.165) is 49.2 Å². The number of aromatic nitrogens is 2. The topological polar surface area (TPSA) is 75.1 Å². The normalized spacial score (nSPS) is 23.3. The van der Waals surface area contributed by atoms with E-state index in [0.29, 0.717) is 18.4 Å². The number of nitrogens with zero attached hydrogens (tertiary/aromatic N) is 2. The van der Waals surface area contributed by atoms with E-state index < -0.39 is 5.97 Å². The van der Waals surface area contributed by atoms with Gasteiger partial charge in [-0.25, -0.2) is 9.97 Å². The Kier molecular flexibility index (Phi) is 4.39. The third kappa shape index (κ3) is 3.11. The van der Waals surface area contributed by atoms with Crippen molar-refractivity contribution in [3.63, 3.8) is 0 Å². The summed E-state index contributed by atoms with van der Waals surface area (Å²) in [5.41, 5.74) is 1.47. The molecule has 4 rings (SSSR count). The van der Waals surface area contributed by atoms with E-state index in [1.54, 1.807) is 6.33 Å². The van der Waals surface area contributed by atoms with Crippen LogP contribution in [0.3, 0.4) is 0 Å². The zero-order chi connectivity index (χ0) is 16.5. The summed E-state index contributed by atoms with van der Waals surface area (Å²) in [6, 6.07) is 0.445. The Balaban J connectivity index is 1.43. The first-order valence-electron chi connectivity index (χ1n) is 8.94. The molecule has 2 aromatic rings. The number of nitrogens with one attached hydrogen (secondary N) is 1. The van der Waals surface area contributed by atoms with Crippen molar-refractivity contribution in [1.82, 2.24) is 9.97 Å². The summed E-state index contributed by atoms with van der Waals surface area (Å²) in [7, 11) is 0. The van der Waals surface area contributed by atoms with E-state index in [9.17, 15) is 4.79 Å². The molecule has 0 spiro atoms. The molecule has 0 unspecified atom stereocenters. The van der Waals surface area contributed by atoms with E-state index in [2.05, 4.69) is 15.3 Å². The van der Waals surface area contributed by atoms with E-state index in [1.165, 1.54) is 28.7 Å². The number of rotatable bonds is 5. The van der Waals surface area contributed by atoms with Gasteiger partial charge in [0, 0.05) is 17.3 Å². The van der Waals surface area contributed by atoms with Gasteiger partial charge in [0.15, 0.2) is 0 Å². The Bertz CT molecular complexity index is 750. The maximum Gasteiger partial charge on any atom is 0.303 e. The first-order valence-corrected chi connectivity index (χ1v) is 9.76. The maximum absolute atomic E-state index is 10.7. The summed E-state index contributed by atoms with van der Waals surface area (Å²) in [5, 5.41) is 13.7. The number of carboxylic acid groups (broad SMARTS) is 1. The molecule has 24 heavy (non-hydrogen) atoms. The van der Waals surface area contributed by atoms with Gasteiger partial charge in [-0.05, 0) is 62.8 Å². The molecule has 2 aliphatic rings. The number of hydrogen-bond acceptors (Lipinski definition) is 5. The average molecular weight is 345 g/mol. The lowest BCUT2D eigenvalue weighted by Crippen LogP contribution is -2.27. The lowest BCUT2D eigenvalue weighted by Gasteiger charge is -2.29. The van der Waals surface area contributed by atoms with Crippen LogP contribution in [0.4, 0.5) is 5.82 Å². The van der Waals surface area contributed by atoms with Gasteiger partial charge in [-0.2, -0.15) is 0 Å². The zero-order valence-electron chi connectivity index (χ0n) is 13.8. The van der Waals surface area contributed by atoms with Crippen LogP contribution in [-0.2, 0) is 17.6 Å². The molecular weight excluding hydrogens is 322 g/mol. The molecule has 1 saturated carbocycles. The smallest absolute Gasteiger partial charge is 0.303 e. The summed E-state index contributed by atoms with van der Waals surface area (Å²) in [6.45, 7) is 0. The molecule has 2 aliphatic carbocycles. The Morgan fingerprint density at radius 2 is 2.08 bits per heavy atom. The largest absolute Gasteiger partial charge is 0.481 e. The zero-order valence-corrected chi connectivity index (χ0v) is 14.6. The predicted molar refractivity (Wildman–Crippen MR) is 95.7 cm³/mol. The van der Waals surface area contributed by atoms with Crippen molar-refractivity contribution in [3.05, 3.63) is 16.8 Å². The van der Waals surface area contributed by atoms with Crippen LogP contribution in [0.1, 0.15) is 55.4 Å². The standard InChI is InChI=1S/C18H23N3O2S/c22-15(23)9-6-11-4-7-12(8-5-11)21-17-16-13-2-1-3-14(13)24-18(16)20-10-19-17/h10-12H,1-9H2,(H,22,23)(H,19,20,21). The molecule has 1 fully saturated rings. The third-order valence-electron chi connectivity index (χ3n) is 5.46. The predicted octanol–water partition coefficient (Wildman–Crippen LogP) is 4.02. The second-order valence-corrected chi connectivity index (χ2v) is 8.14. The number of aliphatic carboxylic acids is 1. The number of fused-ring (bicyclic) bond motifs is 3. The van der Waals surface area contributed by atoms with Crippen molar-refractivity contribution in [2.75, 3.05) is 5.32 Å². The second kappa shape index (κ2) is 6.67. The molecule has 2 aromatic heterocycles. The molecule has 5 nitrogen and oxygen atoms in total. The van der Waals surface area contributed by atoms with Gasteiger partial charge in [-0.1, -0.05) is 0 Å². The minimum absolute atomic E-state index is 0.302. The van der Waals surface area contributed by atoms with E-state index >= 15 is 0 Å². The van der Waals surface area contributed by atoms with E-state index in [1.807, 2.05) is 11.3 Å². The number of aryl methyl sites for hydroxylation is 2. The highest BCUT2D eigenvalue weighted by molar-refractivity contribution is 7.19. The number of anilines is 1. The van der Waals surface area contributed by atoms with E-state index in [4.69, 9.17) is 5.11 Å². The monoisotopic (exact) mass is 345 g/mol. The summed E-state index contributed by atoms with van der Waals surface area (Å²) in [6.07, 6.45) is 10.8. The quantitative estimate of drug-likeness (QED) is 0.856. The summed E-state index contributed by atoms with van der Waals surface area (Å²) < 4.78 is 0. The highest BCUT2D eigenvalue weighted by Gasteiger charge is 2.25. The third-order valence-corrected chi connectivity index (χ3v) is 6.66. The summed E-state index contributed by atoms with van der Waals surface area (Å²) >= 11 is 1.83. The molecule has 2 heterocycles. The molecule has 0 aromatic carbocycles. The Hall–Kier alpha value is -1.69. The van der Waals surface area contributed by atoms with Crippen LogP contribution < -0.4 is 5.32 Å². The summed E-state index contributed by atoms with van der Waals surface area (Å²) in [4.78, 5) is 22.3. The van der Waals surface area contributed by atoms with Crippen LogP contribution in [0.5, 0.6) is 0 Å². The van der Waals surface area contributed by atoms with Crippen molar-refractivity contribution in [1.29, 1.82) is 0 Å². The van der Waals surface area contributed by atoms with E-state index in [-0.39, 0.29) is 0 Å². The van der Waals surface area contributed by atoms with Gasteiger partial charge < -0.3 is 10.4 Å². The summed E-state index contributed by atoms with van der Waals surface area (Å²) in [5.74, 6) is 0.897. The second-order valence-electron chi connectivity index (χ2n) is 7.05. The molecule has 0 amide bonds. The Morgan fingerprint density at radius 1 is 1.25 bits per heavy atom. The average Bonchev–Trinajstić information content (AvgIpc) is 3.15. The van der Waals surface area contributed by atoms with Gasteiger partial charge >= 0.3 is 5.97 Å². The SMILES string of the molecule is O=C(O)CCC1CCC(Nc2ncnc3sc4c(c23)CCC4)CC1. The van der Waals surface area contributed by atoms with Crippen molar-refractivity contribution in [2.45, 2.75) is 63.8 Å². The lowest BCUT2D eigenvalue weighted by molar-refractivity contribution is -0.137. The van der Waals surface area contributed by atoms with Crippen LogP contribution in [0.15, 0.2) is 6.33 Å². The molecule has 0 atom stereocenters. The van der Waals surface area contributed by atoms with Crippen molar-refractivity contribution < 1.29 is 9.90 Å². The molecule has 0 aliphatic heterocycles. The number of carboxylic acids is 1. The fraction of sp³-hybridized carbons (Fsp3) is 0.611. The maximum atomic E-state index is 10.7. The van der Waals surface area contributed by atoms with Crippen LogP contribution in [0, 0.1) is 5.92 Å². The van der Waals surface area contributed by atoms with Crippen LogP contribution in [0.2, 0.25) is 0 Å². The first kappa shape index (κ1) is 15.8. The van der Waals surface area contributed by atoms with Crippen molar-refractivity contribution in [3.8, 4) is 0 Å². The van der Waals surface area contributed by atoms with Gasteiger partial charge in [0.05, 0.1) is 5.39 Å². The van der Waals surface area contributed by atoms with Crippen LogP contribution in [0.25, 0.3) is 10.2 Å². The number of carbonyl (C=O) groups is 1. The Labute approximate surface area is 145 Å². The minimum Gasteiger partial charge on any atom is -0.481 e. The molecular formula is C18H23N3O2S. The molecule has 0 saturated heterocycles. The number of hydrogen-bond donors (Lipinski definition) is 2. The molecule has 128 valence electrons. The van der Waals surface area contributed by atoms with Gasteiger partial charge in [0.25, 0.3) is 0 Å². The highest BCUT2D eigenvalue weighted by Crippen LogP contribution is 2.40. The molecule has 6 heteroatoms. The van der Waals surface area contributed by atoms with Gasteiger partial charge in [0.1, 0.15) is 17.0 Å². The lowest BCUT2D eigenvalue weighted by atomic mass is 9.83. The first-order chi connectivity index (χ1) is 11.7.